The number of carbonyl (C=O) groups is 1. The van der Waals surface area contributed by atoms with Gasteiger partial charge in [-0.25, -0.2) is 9.78 Å². The van der Waals surface area contributed by atoms with Crippen LogP contribution in [-0.4, -0.2) is 33.3 Å². The third kappa shape index (κ3) is 3.88. The summed E-state index contributed by atoms with van der Waals surface area (Å²) in [5.74, 6) is -0.815. The van der Waals surface area contributed by atoms with Crippen molar-refractivity contribution in [1.82, 2.24) is 14.5 Å². The van der Waals surface area contributed by atoms with E-state index in [4.69, 9.17) is 4.42 Å². The van der Waals surface area contributed by atoms with E-state index in [9.17, 15) is 22.8 Å². The third-order valence-corrected chi connectivity index (χ3v) is 4.35. The highest BCUT2D eigenvalue weighted by atomic mass is 19.4. The molecule has 4 aromatic rings. The number of aryl methyl sites for hydroxylation is 1. The number of aromatic nitrogens is 3. The van der Waals surface area contributed by atoms with E-state index in [1.54, 1.807) is 25.1 Å². The van der Waals surface area contributed by atoms with Crippen molar-refractivity contribution in [2.75, 3.05) is 6.61 Å². The van der Waals surface area contributed by atoms with Crippen molar-refractivity contribution in [3.63, 3.8) is 0 Å². The van der Waals surface area contributed by atoms with Gasteiger partial charge < -0.3 is 9.15 Å². The van der Waals surface area contributed by atoms with Gasteiger partial charge in [0, 0.05) is 17.8 Å². The third-order valence-electron chi connectivity index (χ3n) is 4.35. The molecule has 0 fully saturated rings. The molecular weight excluding hydrogens is 403 g/mol. The van der Waals surface area contributed by atoms with E-state index in [1.807, 2.05) is 0 Å². The van der Waals surface area contributed by atoms with Crippen molar-refractivity contribution in [3.8, 4) is 0 Å². The molecule has 0 unspecified atom stereocenters. The van der Waals surface area contributed by atoms with Gasteiger partial charge in [-0.1, -0.05) is 0 Å². The van der Waals surface area contributed by atoms with Gasteiger partial charge in [-0.2, -0.15) is 13.2 Å². The molecule has 0 amide bonds. The molecule has 10 heteroatoms. The van der Waals surface area contributed by atoms with E-state index in [1.165, 1.54) is 29.4 Å². The van der Waals surface area contributed by atoms with Crippen LogP contribution < -0.4 is 5.56 Å². The van der Waals surface area contributed by atoms with E-state index in [2.05, 4.69) is 14.7 Å². The Morgan fingerprint density at radius 1 is 1.27 bits per heavy atom. The average Bonchev–Trinajstić information content (AvgIpc) is 3.09. The number of carbonyl (C=O) groups excluding carboxylic acids is 1. The maximum atomic E-state index is 12.6. The number of pyridine rings is 1. The van der Waals surface area contributed by atoms with Gasteiger partial charge in [-0.15, -0.1) is 0 Å². The number of alkyl halides is 3. The normalized spacial score (nSPS) is 11.9. The number of hydrogen-bond donors (Lipinski definition) is 0. The van der Waals surface area contributed by atoms with Crippen LogP contribution in [-0.2, 0) is 11.3 Å². The Kier molecular flexibility index (Phi) is 4.76. The predicted octanol–water partition coefficient (Wildman–Crippen LogP) is 3.61. The standard InChI is InChI=1S/C20H14F3N3O4/c1-11-4-12-6-13(8-26-10-25-16-2-3-24-7-15(16)18(26)27)30-17(12)14(5-11)19(28)29-9-20(21,22)23/h2-7,10H,8-9H2,1H3. The Labute approximate surface area is 166 Å². The Morgan fingerprint density at radius 3 is 2.83 bits per heavy atom. The first-order valence-corrected chi connectivity index (χ1v) is 8.77. The molecule has 0 radical (unpaired) electrons. The number of esters is 1. The maximum absolute atomic E-state index is 12.6. The lowest BCUT2D eigenvalue weighted by molar-refractivity contribution is -0.161. The van der Waals surface area contributed by atoms with E-state index < -0.39 is 18.8 Å². The molecule has 0 saturated heterocycles. The van der Waals surface area contributed by atoms with Gasteiger partial charge in [0.15, 0.2) is 6.61 Å². The highest BCUT2D eigenvalue weighted by Gasteiger charge is 2.30. The van der Waals surface area contributed by atoms with Crippen LogP contribution in [0.25, 0.3) is 21.9 Å². The molecule has 0 spiro atoms. The van der Waals surface area contributed by atoms with Crippen molar-refractivity contribution in [2.24, 2.45) is 0 Å². The predicted molar refractivity (Wildman–Crippen MR) is 100 cm³/mol. The highest BCUT2D eigenvalue weighted by molar-refractivity contribution is 6.02. The molecule has 0 aliphatic carbocycles. The minimum Gasteiger partial charge on any atom is -0.458 e. The highest BCUT2D eigenvalue weighted by Crippen LogP contribution is 2.27. The molecule has 3 aromatic heterocycles. The zero-order valence-electron chi connectivity index (χ0n) is 15.6. The van der Waals surface area contributed by atoms with Crippen molar-refractivity contribution in [1.29, 1.82) is 0 Å². The van der Waals surface area contributed by atoms with Gasteiger partial charge in [-0.05, 0) is 36.8 Å². The molecule has 0 atom stereocenters. The minimum atomic E-state index is -4.63. The first kappa shape index (κ1) is 19.6. The fraction of sp³-hybridized carbons (Fsp3) is 0.200. The fourth-order valence-corrected chi connectivity index (χ4v) is 3.10. The second-order valence-electron chi connectivity index (χ2n) is 6.71. The number of hydrogen-bond acceptors (Lipinski definition) is 6. The second kappa shape index (κ2) is 7.29. The summed E-state index contributed by atoms with van der Waals surface area (Å²) < 4.78 is 48.5. The SMILES string of the molecule is Cc1cc(C(=O)OCC(F)(F)F)c2oc(Cn3cnc4ccncc4c3=O)cc2c1. The fourth-order valence-electron chi connectivity index (χ4n) is 3.10. The molecule has 0 aliphatic rings. The Morgan fingerprint density at radius 2 is 2.07 bits per heavy atom. The van der Waals surface area contributed by atoms with Crippen molar-refractivity contribution in [3.05, 3.63) is 70.2 Å². The number of benzene rings is 1. The quantitative estimate of drug-likeness (QED) is 0.472. The van der Waals surface area contributed by atoms with Gasteiger partial charge in [0.1, 0.15) is 16.9 Å². The van der Waals surface area contributed by atoms with E-state index in [0.717, 1.165) is 0 Å². The first-order chi connectivity index (χ1) is 14.2. The largest absolute Gasteiger partial charge is 0.458 e. The monoisotopic (exact) mass is 417 g/mol. The maximum Gasteiger partial charge on any atom is 0.422 e. The summed E-state index contributed by atoms with van der Waals surface area (Å²) in [7, 11) is 0. The number of nitrogens with zero attached hydrogens (tertiary/aromatic N) is 3. The molecule has 7 nitrogen and oxygen atoms in total. The lowest BCUT2D eigenvalue weighted by atomic mass is 10.1. The lowest BCUT2D eigenvalue weighted by Crippen LogP contribution is -2.21. The summed E-state index contributed by atoms with van der Waals surface area (Å²) in [4.78, 5) is 32.9. The summed E-state index contributed by atoms with van der Waals surface area (Å²) in [6, 6.07) is 6.34. The van der Waals surface area contributed by atoms with Gasteiger partial charge in [-0.3, -0.25) is 14.3 Å². The topological polar surface area (TPSA) is 87.2 Å². The Balaban J connectivity index is 1.69. The molecule has 1 aromatic carbocycles. The van der Waals surface area contributed by atoms with Crippen LogP contribution in [0, 0.1) is 6.92 Å². The minimum absolute atomic E-state index is 0.0153. The smallest absolute Gasteiger partial charge is 0.422 e. The van der Waals surface area contributed by atoms with Gasteiger partial charge in [0.25, 0.3) is 5.56 Å². The Hall–Kier alpha value is -3.69. The molecule has 0 N–H and O–H groups in total. The average molecular weight is 417 g/mol. The molecule has 0 saturated carbocycles. The number of ether oxygens (including phenoxy) is 1. The number of furan rings is 1. The lowest BCUT2D eigenvalue weighted by Gasteiger charge is -2.08. The van der Waals surface area contributed by atoms with Crippen LogP contribution in [0.5, 0.6) is 0 Å². The van der Waals surface area contributed by atoms with E-state index in [0.29, 0.717) is 27.6 Å². The van der Waals surface area contributed by atoms with Crippen LogP contribution in [0.4, 0.5) is 13.2 Å². The molecule has 30 heavy (non-hydrogen) atoms. The molecule has 0 bridgehead atoms. The van der Waals surface area contributed by atoms with Gasteiger partial charge in [0.05, 0.1) is 23.8 Å². The van der Waals surface area contributed by atoms with Crippen molar-refractivity contribution < 1.29 is 27.1 Å². The second-order valence-corrected chi connectivity index (χ2v) is 6.71. The van der Waals surface area contributed by atoms with E-state index in [-0.39, 0.29) is 23.3 Å². The Bertz CT molecular complexity index is 1320. The molecule has 0 aliphatic heterocycles. The van der Waals surface area contributed by atoms with Crippen molar-refractivity contribution >= 4 is 27.8 Å². The van der Waals surface area contributed by atoms with Gasteiger partial charge in [0.2, 0.25) is 0 Å². The molecular formula is C20H14F3N3O4. The number of rotatable bonds is 4. The number of halogens is 3. The summed E-state index contributed by atoms with van der Waals surface area (Å²) in [5, 5.41) is 0.843. The molecule has 154 valence electrons. The van der Waals surface area contributed by atoms with E-state index >= 15 is 0 Å². The van der Waals surface area contributed by atoms with Crippen LogP contribution in [0.3, 0.4) is 0 Å². The first-order valence-electron chi connectivity index (χ1n) is 8.77. The van der Waals surface area contributed by atoms with Crippen LogP contribution in [0.1, 0.15) is 21.7 Å². The molecule has 4 rings (SSSR count). The summed E-state index contributed by atoms with van der Waals surface area (Å²) in [6.45, 7) is 0.0137. The summed E-state index contributed by atoms with van der Waals surface area (Å²) in [6.07, 6.45) is -0.328. The zero-order valence-corrected chi connectivity index (χ0v) is 15.6. The van der Waals surface area contributed by atoms with Crippen LogP contribution in [0.15, 0.2) is 52.2 Å². The van der Waals surface area contributed by atoms with Crippen molar-refractivity contribution in [2.45, 2.75) is 19.6 Å². The van der Waals surface area contributed by atoms with Gasteiger partial charge >= 0.3 is 12.1 Å². The summed E-state index contributed by atoms with van der Waals surface area (Å²) in [5.41, 5.74) is 0.792. The zero-order chi connectivity index (χ0) is 21.5. The van der Waals surface area contributed by atoms with Crippen LogP contribution >= 0.6 is 0 Å². The molecule has 3 heterocycles. The number of fused-ring (bicyclic) bond motifs is 2. The summed E-state index contributed by atoms with van der Waals surface area (Å²) >= 11 is 0. The van der Waals surface area contributed by atoms with Crippen LogP contribution in [0.2, 0.25) is 0 Å².